The van der Waals surface area contributed by atoms with Gasteiger partial charge in [-0.05, 0) is 34.0 Å². The summed E-state index contributed by atoms with van der Waals surface area (Å²) in [5.41, 5.74) is 0. The smallest absolute Gasteiger partial charge is 0.133 e. The van der Waals surface area contributed by atoms with Crippen molar-refractivity contribution < 1.29 is 0 Å². The van der Waals surface area contributed by atoms with Crippen molar-refractivity contribution in [3.8, 4) is 0 Å². The van der Waals surface area contributed by atoms with E-state index in [1.165, 1.54) is 0 Å². The van der Waals surface area contributed by atoms with Crippen molar-refractivity contribution in [2.75, 3.05) is 51.0 Å². The van der Waals surface area contributed by atoms with E-state index < -0.39 is 0 Å². The van der Waals surface area contributed by atoms with Gasteiger partial charge in [-0.1, -0.05) is 0 Å². The van der Waals surface area contributed by atoms with Gasteiger partial charge in [0.2, 0.25) is 0 Å². The maximum absolute atomic E-state index is 4.28. The van der Waals surface area contributed by atoms with Crippen LogP contribution in [-0.2, 0) is 0 Å². The predicted octanol–water partition coefficient (Wildman–Crippen LogP) is 1.30. The van der Waals surface area contributed by atoms with Gasteiger partial charge in [0.15, 0.2) is 0 Å². The van der Waals surface area contributed by atoms with Crippen LogP contribution in [0.5, 0.6) is 0 Å². The Balaban J connectivity index is 2.50. The zero-order valence-electron chi connectivity index (χ0n) is 11.3. The Labute approximate surface area is 104 Å². The minimum atomic E-state index is 0.876. The van der Waals surface area contributed by atoms with Gasteiger partial charge < -0.3 is 15.1 Å². The highest BCUT2D eigenvalue weighted by molar-refractivity contribution is 5.47. The largest absolute Gasteiger partial charge is 0.370 e. The van der Waals surface area contributed by atoms with Crippen molar-refractivity contribution >= 4 is 11.6 Å². The molecule has 5 nitrogen and oxygen atoms in total. The molecule has 0 fully saturated rings. The van der Waals surface area contributed by atoms with Crippen LogP contribution in [-0.4, -0.2) is 55.6 Å². The zero-order chi connectivity index (χ0) is 12.7. The lowest BCUT2D eigenvalue weighted by molar-refractivity contribution is 0.401. The predicted molar refractivity (Wildman–Crippen MR) is 72.6 cm³/mol. The fourth-order valence-electron chi connectivity index (χ4n) is 1.57. The van der Waals surface area contributed by atoms with E-state index in [0.717, 1.165) is 37.7 Å². The van der Waals surface area contributed by atoms with Crippen LogP contribution in [0, 0.1) is 0 Å². The average Bonchev–Trinajstić information content (AvgIpc) is 2.29. The van der Waals surface area contributed by atoms with Gasteiger partial charge in [0, 0.05) is 26.2 Å². The molecule has 17 heavy (non-hydrogen) atoms. The summed E-state index contributed by atoms with van der Waals surface area (Å²) < 4.78 is 0. The molecule has 0 saturated heterocycles. The molecule has 0 spiro atoms. The van der Waals surface area contributed by atoms with Crippen LogP contribution < -0.4 is 10.2 Å². The van der Waals surface area contributed by atoms with Gasteiger partial charge in [0.05, 0.1) is 0 Å². The molecule has 0 aromatic carbocycles. The van der Waals surface area contributed by atoms with Crippen LogP contribution in [0.15, 0.2) is 12.4 Å². The van der Waals surface area contributed by atoms with Crippen molar-refractivity contribution in [2.24, 2.45) is 0 Å². The SMILES string of the molecule is CCNc1cc(N(C)CCCN(C)C)ncn1. The number of aromatic nitrogens is 2. The van der Waals surface area contributed by atoms with E-state index in [1.807, 2.05) is 6.07 Å². The normalized spacial score (nSPS) is 10.6. The first-order valence-corrected chi connectivity index (χ1v) is 6.05. The summed E-state index contributed by atoms with van der Waals surface area (Å²) in [6.45, 7) is 5.03. The lowest BCUT2D eigenvalue weighted by Gasteiger charge is -2.19. The monoisotopic (exact) mass is 237 g/mol. The van der Waals surface area contributed by atoms with Gasteiger partial charge in [0.25, 0.3) is 0 Å². The Morgan fingerprint density at radius 3 is 2.59 bits per heavy atom. The summed E-state index contributed by atoms with van der Waals surface area (Å²) in [5.74, 6) is 1.85. The molecule has 1 aromatic heterocycles. The minimum Gasteiger partial charge on any atom is -0.370 e. The molecule has 5 heteroatoms. The fourth-order valence-corrected chi connectivity index (χ4v) is 1.57. The van der Waals surface area contributed by atoms with Crippen LogP contribution >= 0.6 is 0 Å². The second kappa shape index (κ2) is 7.06. The number of rotatable bonds is 7. The molecule has 1 rings (SSSR count). The maximum atomic E-state index is 4.28. The van der Waals surface area contributed by atoms with Crippen molar-refractivity contribution in [1.29, 1.82) is 0 Å². The topological polar surface area (TPSA) is 44.3 Å². The van der Waals surface area contributed by atoms with Gasteiger partial charge in [-0.15, -0.1) is 0 Å². The molecule has 0 unspecified atom stereocenters. The van der Waals surface area contributed by atoms with Crippen LogP contribution in [0.4, 0.5) is 11.6 Å². The van der Waals surface area contributed by atoms with Gasteiger partial charge >= 0.3 is 0 Å². The van der Waals surface area contributed by atoms with E-state index in [1.54, 1.807) is 6.33 Å². The maximum Gasteiger partial charge on any atom is 0.133 e. The number of anilines is 2. The first-order chi connectivity index (χ1) is 8.13. The summed E-state index contributed by atoms with van der Waals surface area (Å²) in [6, 6.07) is 1.99. The Kier molecular flexibility index (Phi) is 5.69. The number of hydrogen-bond acceptors (Lipinski definition) is 5. The Morgan fingerprint density at radius 2 is 1.94 bits per heavy atom. The number of nitrogens with one attached hydrogen (secondary N) is 1. The molecule has 96 valence electrons. The first-order valence-electron chi connectivity index (χ1n) is 6.05. The summed E-state index contributed by atoms with van der Waals surface area (Å²) in [4.78, 5) is 12.8. The van der Waals surface area contributed by atoms with E-state index in [9.17, 15) is 0 Å². The molecule has 1 N–H and O–H groups in total. The third-order valence-corrected chi connectivity index (χ3v) is 2.50. The van der Waals surface area contributed by atoms with Gasteiger partial charge in [-0.3, -0.25) is 0 Å². The molecule has 0 amide bonds. The second-order valence-electron chi connectivity index (χ2n) is 4.37. The number of nitrogens with zero attached hydrogens (tertiary/aromatic N) is 4. The quantitative estimate of drug-likeness (QED) is 0.774. The summed E-state index contributed by atoms with van der Waals surface area (Å²) in [7, 11) is 6.25. The molecule has 0 bridgehead atoms. The summed E-state index contributed by atoms with van der Waals surface area (Å²) in [6.07, 6.45) is 2.74. The van der Waals surface area contributed by atoms with E-state index in [2.05, 4.69) is 53.2 Å². The highest BCUT2D eigenvalue weighted by atomic mass is 15.2. The molecular weight excluding hydrogens is 214 g/mol. The van der Waals surface area contributed by atoms with Gasteiger partial charge in [-0.2, -0.15) is 0 Å². The van der Waals surface area contributed by atoms with E-state index in [-0.39, 0.29) is 0 Å². The summed E-state index contributed by atoms with van der Waals surface area (Å²) >= 11 is 0. The Hall–Kier alpha value is -1.36. The summed E-state index contributed by atoms with van der Waals surface area (Å²) in [5, 5.41) is 3.19. The van der Waals surface area contributed by atoms with E-state index in [0.29, 0.717) is 0 Å². The first kappa shape index (κ1) is 13.7. The van der Waals surface area contributed by atoms with Gasteiger partial charge in [0.1, 0.15) is 18.0 Å². The van der Waals surface area contributed by atoms with Crippen molar-refractivity contribution in [1.82, 2.24) is 14.9 Å². The molecule has 0 radical (unpaired) electrons. The standard InChI is InChI=1S/C12H23N5/c1-5-13-11-9-12(15-10-14-11)17(4)8-6-7-16(2)3/h9-10H,5-8H2,1-4H3,(H,13,14,15). The van der Waals surface area contributed by atoms with Crippen LogP contribution in [0.2, 0.25) is 0 Å². The van der Waals surface area contributed by atoms with Crippen LogP contribution in [0.3, 0.4) is 0 Å². The Morgan fingerprint density at radius 1 is 1.18 bits per heavy atom. The van der Waals surface area contributed by atoms with Gasteiger partial charge in [-0.25, -0.2) is 9.97 Å². The van der Waals surface area contributed by atoms with Crippen molar-refractivity contribution in [3.63, 3.8) is 0 Å². The van der Waals surface area contributed by atoms with Crippen molar-refractivity contribution in [3.05, 3.63) is 12.4 Å². The van der Waals surface area contributed by atoms with Crippen molar-refractivity contribution in [2.45, 2.75) is 13.3 Å². The minimum absolute atomic E-state index is 0.876. The molecule has 0 aliphatic heterocycles. The third-order valence-electron chi connectivity index (χ3n) is 2.50. The lowest BCUT2D eigenvalue weighted by Crippen LogP contribution is -2.24. The highest BCUT2D eigenvalue weighted by Gasteiger charge is 2.04. The molecular formula is C12H23N5. The molecule has 1 aromatic rings. The van der Waals surface area contributed by atoms with E-state index >= 15 is 0 Å². The molecule has 0 aliphatic rings. The highest BCUT2D eigenvalue weighted by Crippen LogP contribution is 2.12. The van der Waals surface area contributed by atoms with Crippen LogP contribution in [0.1, 0.15) is 13.3 Å². The molecule has 0 aliphatic carbocycles. The molecule has 0 atom stereocenters. The van der Waals surface area contributed by atoms with Crippen LogP contribution in [0.25, 0.3) is 0 Å². The fraction of sp³-hybridized carbons (Fsp3) is 0.667. The zero-order valence-corrected chi connectivity index (χ0v) is 11.3. The molecule has 1 heterocycles. The Bertz CT molecular complexity index is 326. The molecule has 0 saturated carbocycles. The lowest BCUT2D eigenvalue weighted by atomic mass is 10.3. The number of hydrogen-bond donors (Lipinski definition) is 1. The third kappa shape index (κ3) is 4.99. The second-order valence-corrected chi connectivity index (χ2v) is 4.37. The van der Waals surface area contributed by atoms with E-state index in [4.69, 9.17) is 0 Å². The average molecular weight is 237 g/mol.